The highest BCUT2D eigenvalue weighted by Gasteiger charge is 2.42. The van der Waals surface area contributed by atoms with Crippen LogP contribution >= 0.6 is 23.2 Å². The van der Waals surface area contributed by atoms with E-state index in [0.29, 0.717) is 16.7 Å². The van der Waals surface area contributed by atoms with Gasteiger partial charge in [0.2, 0.25) is 0 Å². The summed E-state index contributed by atoms with van der Waals surface area (Å²) >= 11 is 12.3. The summed E-state index contributed by atoms with van der Waals surface area (Å²) in [6, 6.07) is 3.40. The molecule has 1 aliphatic heterocycles. The summed E-state index contributed by atoms with van der Waals surface area (Å²) < 4.78 is 5.17. The number of benzene rings is 1. The van der Waals surface area contributed by atoms with Crippen LogP contribution in [-0.2, 0) is 9.53 Å². The van der Waals surface area contributed by atoms with Crippen molar-refractivity contribution >= 4 is 34.9 Å². The minimum Gasteiger partial charge on any atom is -0.464 e. The first-order valence-electron chi connectivity index (χ1n) is 6.71. The van der Waals surface area contributed by atoms with Crippen LogP contribution in [0.2, 0.25) is 10.0 Å². The second kappa shape index (κ2) is 5.30. The predicted octanol–water partition coefficient (Wildman–Crippen LogP) is 4.01. The quantitative estimate of drug-likeness (QED) is 0.662. The average molecular weight is 312 g/mol. The van der Waals surface area contributed by atoms with E-state index in [0.717, 1.165) is 17.7 Å². The van der Waals surface area contributed by atoms with Crippen LogP contribution in [0.4, 0.5) is 5.69 Å². The number of nitrogens with one attached hydrogen (secondary N) is 1. The van der Waals surface area contributed by atoms with E-state index in [-0.39, 0.29) is 23.8 Å². The van der Waals surface area contributed by atoms with Crippen LogP contribution in [0.5, 0.6) is 0 Å². The van der Waals surface area contributed by atoms with Gasteiger partial charge < -0.3 is 10.1 Å². The third kappa shape index (κ3) is 2.09. The Balaban J connectivity index is 2.03. The second-order valence-corrected chi connectivity index (χ2v) is 5.84. The molecule has 3 atom stereocenters. The molecule has 0 spiro atoms. The van der Waals surface area contributed by atoms with Crippen molar-refractivity contribution in [3.63, 3.8) is 0 Å². The van der Waals surface area contributed by atoms with Gasteiger partial charge in [-0.1, -0.05) is 41.4 Å². The van der Waals surface area contributed by atoms with Gasteiger partial charge in [-0.2, -0.15) is 0 Å². The Kier molecular flexibility index (Phi) is 3.65. The van der Waals surface area contributed by atoms with Crippen molar-refractivity contribution < 1.29 is 9.53 Å². The smallest absolute Gasteiger partial charge is 0.328 e. The number of halogens is 2. The minimum absolute atomic E-state index is 0.179. The number of esters is 1. The first kappa shape index (κ1) is 13.8. The maximum atomic E-state index is 12.2. The molecule has 1 aromatic rings. The normalized spacial score (nSPS) is 26.6. The average Bonchev–Trinajstić information content (AvgIpc) is 2.91. The number of rotatable bonds is 2. The Labute approximate surface area is 127 Å². The molecule has 0 saturated heterocycles. The molecule has 0 bridgehead atoms. The lowest BCUT2D eigenvalue weighted by atomic mass is 9.79. The second-order valence-electron chi connectivity index (χ2n) is 5.05. The SMILES string of the molecule is CCOC(=O)[C@@H]1Nc2c(ccc(Cl)c2Cl)[C@@H]2C=CC[C@H]12. The van der Waals surface area contributed by atoms with Crippen molar-refractivity contribution in [2.45, 2.75) is 25.3 Å². The maximum absolute atomic E-state index is 12.2. The number of fused-ring (bicyclic) bond motifs is 3. The maximum Gasteiger partial charge on any atom is 0.328 e. The van der Waals surface area contributed by atoms with Gasteiger partial charge in [0.05, 0.1) is 22.3 Å². The molecule has 0 unspecified atom stereocenters. The number of carbonyl (C=O) groups is 1. The first-order chi connectivity index (χ1) is 9.63. The summed E-state index contributed by atoms with van der Waals surface area (Å²) in [5.74, 6) is 0.141. The third-order valence-corrected chi connectivity index (χ3v) is 4.77. The lowest BCUT2D eigenvalue weighted by Crippen LogP contribution is -2.43. The lowest BCUT2D eigenvalue weighted by molar-refractivity contribution is -0.145. The van der Waals surface area contributed by atoms with Crippen molar-refractivity contribution in [2.75, 3.05) is 11.9 Å². The van der Waals surface area contributed by atoms with Gasteiger partial charge in [-0.15, -0.1) is 0 Å². The van der Waals surface area contributed by atoms with Crippen molar-refractivity contribution in [1.82, 2.24) is 0 Å². The molecule has 0 amide bonds. The van der Waals surface area contributed by atoms with E-state index in [1.165, 1.54) is 0 Å². The number of allylic oxidation sites excluding steroid dienone is 2. The molecule has 3 nitrogen and oxygen atoms in total. The number of carbonyl (C=O) groups excluding carboxylic acids is 1. The van der Waals surface area contributed by atoms with Gasteiger partial charge in [0.25, 0.3) is 0 Å². The zero-order valence-electron chi connectivity index (χ0n) is 11.0. The van der Waals surface area contributed by atoms with Crippen molar-refractivity contribution in [2.24, 2.45) is 5.92 Å². The Morgan fingerprint density at radius 3 is 3.00 bits per heavy atom. The molecule has 0 saturated carbocycles. The highest BCUT2D eigenvalue weighted by molar-refractivity contribution is 6.43. The van der Waals surface area contributed by atoms with E-state index in [1.54, 1.807) is 6.07 Å². The molecule has 0 aromatic heterocycles. The number of hydrogen-bond donors (Lipinski definition) is 1. The molecule has 1 N–H and O–H groups in total. The number of ether oxygens (including phenoxy) is 1. The van der Waals surface area contributed by atoms with E-state index in [9.17, 15) is 4.79 Å². The molecule has 0 radical (unpaired) electrons. The molecular weight excluding hydrogens is 297 g/mol. The van der Waals surface area contributed by atoms with E-state index >= 15 is 0 Å². The summed E-state index contributed by atoms with van der Waals surface area (Å²) in [6.07, 6.45) is 5.11. The summed E-state index contributed by atoms with van der Waals surface area (Å²) in [7, 11) is 0. The fourth-order valence-electron chi connectivity index (χ4n) is 3.07. The molecule has 0 fully saturated rings. The third-order valence-electron chi connectivity index (χ3n) is 3.97. The molecule has 1 aliphatic carbocycles. The van der Waals surface area contributed by atoms with Gasteiger partial charge >= 0.3 is 5.97 Å². The van der Waals surface area contributed by atoms with Crippen LogP contribution in [0.3, 0.4) is 0 Å². The van der Waals surface area contributed by atoms with E-state index in [2.05, 4.69) is 17.5 Å². The van der Waals surface area contributed by atoms with E-state index < -0.39 is 0 Å². The Bertz CT molecular complexity index is 585. The van der Waals surface area contributed by atoms with Crippen molar-refractivity contribution in [3.05, 3.63) is 39.9 Å². The van der Waals surface area contributed by atoms with Crippen LogP contribution in [0.15, 0.2) is 24.3 Å². The minimum atomic E-state index is -0.376. The van der Waals surface area contributed by atoms with Crippen LogP contribution in [0.25, 0.3) is 0 Å². The molecular formula is C15H15Cl2NO2. The van der Waals surface area contributed by atoms with Crippen molar-refractivity contribution in [3.8, 4) is 0 Å². The fraction of sp³-hybridized carbons (Fsp3) is 0.400. The lowest BCUT2D eigenvalue weighted by Gasteiger charge is -2.36. The van der Waals surface area contributed by atoms with Gasteiger partial charge in [0, 0.05) is 11.8 Å². The molecule has 3 rings (SSSR count). The predicted molar refractivity (Wildman–Crippen MR) is 80.5 cm³/mol. The largest absolute Gasteiger partial charge is 0.464 e. The number of hydrogen-bond acceptors (Lipinski definition) is 3. The van der Waals surface area contributed by atoms with Gasteiger partial charge in [0.15, 0.2) is 0 Å². The first-order valence-corrected chi connectivity index (χ1v) is 7.46. The van der Waals surface area contributed by atoms with Crippen LogP contribution < -0.4 is 5.32 Å². The molecule has 106 valence electrons. The molecule has 20 heavy (non-hydrogen) atoms. The zero-order valence-corrected chi connectivity index (χ0v) is 12.5. The van der Waals surface area contributed by atoms with Crippen molar-refractivity contribution in [1.29, 1.82) is 0 Å². The van der Waals surface area contributed by atoms with Crippen LogP contribution in [-0.4, -0.2) is 18.6 Å². The Morgan fingerprint density at radius 1 is 1.45 bits per heavy atom. The molecule has 1 aromatic carbocycles. The highest BCUT2D eigenvalue weighted by Crippen LogP contribution is 2.48. The van der Waals surface area contributed by atoms with Gasteiger partial charge in [-0.05, 0) is 25.0 Å². The van der Waals surface area contributed by atoms with Gasteiger partial charge in [-0.25, -0.2) is 4.79 Å². The highest BCUT2D eigenvalue weighted by atomic mass is 35.5. The van der Waals surface area contributed by atoms with Crippen LogP contribution in [0.1, 0.15) is 24.8 Å². The number of anilines is 1. The summed E-state index contributed by atoms with van der Waals surface area (Å²) in [4.78, 5) is 12.2. The van der Waals surface area contributed by atoms with Crippen LogP contribution in [0, 0.1) is 5.92 Å². The fourth-order valence-corrected chi connectivity index (χ4v) is 3.45. The molecule has 2 aliphatic rings. The molecule has 5 heteroatoms. The standard InChI is InChI=1S/C15H15Cl2NO2/c1-2-20-15(19)14-9-5-3-4-8(9)10-6-7-11(16)12(17)13(10)18-14/h3-4,6-9,14,18H,2,5H2,1H3/t8-,9+,14-/m1/s1. The summed E-state index contributed by atoms with van der Waals surface area (Å²) in [5.41, 5.74) is 1.85. The Morgan fingerprint density at radius 2 is 2.25 bits per heavy atom. The Hall–Kier alpha value is -1.19. The van der Waals surface area contributed by atoms with E-state index in [1.807, 2.05) is 13.0 Å². The summed E-state index contributed by atoms with van der Waals surface area (Å²) in [5, 5.41) is 4.19. The summed E-state index contributed by atoms with van der Waals surface area (Å²) in [6.45, 7) is 2.18. The topological polar surface area (TPSA) is 38.3 Å². The zero-order chi connectivity index (χ0) is 14.3. The van der Waals surface area contributed by atoms with E-state index in [4.69, 9.17) is 27.9 Å². The van der Waals surface area contributed by atoms with Gasteiger partial charge in [0.1, 0.15) is 6.04 Å². The monoisotopic (exact) mass is 311 g/mol. The van der Waals surface area contributed by atoms with Gasteiger partial charge in [-0.3, -0.25) is 0 Å². The molecule has 1 heterocycles.